The smallest absolute Gasteiger partial charge is 0.303 e. The van der Waals surface area contributed by atoms with Gasteiger partial charge in [-0.15, -0.1) is 5.10 Å². The molecule has 0 aromatic carbocycles. The van der Waals surface area contributed by atoms with Crippen molar-refractivity contribution in [3.63, 3.8) is 0 Å². The number of aliphatic carboxylic acids is 1. The first-order valence-electron chi connectivity index (χ1n) is 5.40. The molecule has 1 aromatic heterocycles. The normalized spacial score (nSPS) is 13.6. The van der Waals surface area contributed by atoms with E-state index in [0.717, 1.165) is 0 Å². The number of nitrogens with zero attached hydrogens (tertiary/aromatic N) is 4. The zero-order chi connectivity index (χ0) is 13.1. The lowest BCUT2D eigenvalue weighted by molar-refractivity contribution is -0.138. The quantitative estimate of drug-likeness (QED) is 0.788. The standard InChI is InChI=1S/C10H18N4O3/c1-7(5-8(15)16)6-14-9(11-12-13-14)10(2,3)17-4/h7H,5-6H2,1-4H3,(H,15,16). The van der Waals surface area contributed by atoms with Crippen molar-refractivity contribution in [1.29, 1.82) is 0 Å². The molecule has 17 heavy (non-hydrogen) atoms. The Bertz CT molecular complexity index is 389. The summed E-state index contributed by atoms with van der Waals surface area (Å²) in [5.74, 6) is -0.266. The molecule has 0 radical (unpaired) electrons. The van der Waals surface area contributed by atoms with E-state index in [1.165, 1.54) is 0 Å². The largest absolute Gasteiger partial charge is 0.481 e. The molecule has 0 fully saturated rings. The minimum absolute atomic E-state index is 0.0394. The molecule has 0 saturated heterocycles. The summed E-state index contributed by atoms with van der Waals surface area (Å²) in [5, 5.41) is 20.1. The molecule has 0 amide bonds. The lowest BCUT2D eigenvalue weighted by Gasteiger charge is -2.22. The molecule has 1 atom stereocenters. The van der Waals surface area contributed by atoms with E-state index in [4.69, 9.17) is 9.84 Å². The van der Waals surface area contributed by atoms with Gasteiger partial charge in [-0.05, 0) is 30.2 Å². The number of aromatic nitrogens is 4. The van der Waals surface area contributed by atoms with Gasteiger partial charge in [0.25, 0.3) is 0 Å². The van der Waals surface area contributed by atoms with Crippen molar-refractivity contribution in [3.05, 3.63) is 5.82 Å². The number of tetrazole rings is 1. The predicted molar refractivity (Wildman–Crippen MR) is 59.3 cm³/mol. The summed E-state index contributed by atoms with van der Waals surface area (Å²) in [6.45, 7) is 6.02. The van der Waals surface area contributed by atoms with Crippen LogP contribution in [0.25, 0.3) is 0 Å². The molecule has 0 aliphatic rings. The van der Waals surface area contributed by atoms with E-state index in [0.29, 0.717) is 12.4 Å². The van der Waals surface area contributed by atoms with Gasteiger partial charge in [0.2, 0.25) is 0 Å². The molecular formula is C10H18N4O3. The predicted octanol–water partition coefficient (Wildman–Crippen LogP) is 0.665. The highest BCUT2D eigenvalue weighted by Crippen LogP contribution is 2.21. The fourth-order valence-electron chi connectivity index (χ4n) is 1.51. The second kappa shape index (κ2) is 5.22. The molecule has 1 rings (SSSR count). The SMILES string of the molecule is COC(C)(C)c1nnnn1CC(C)CC(=O)O. The van der Waals surface area contributed by atoms with E-state index < -0.39 is 11.6 Å². The number of carbonyl (C=O) groups is 1. The maximum atomic E-state index is 10.6. The first kappa shape index (κ1) is 13.6. The average Bonchev–Trinajstić information content (AvgIpc) is 2.65. The second-order valence-corrected chi connectivity index (χ2v) is 4.60. The van der Waals surface area contributed by atoms with E-state index in [1.807, 2.05) is 20.8 Å². The number of methoxy groups -OCH3 is 1. The Morgan fingerprint density at radius 1 is 1.59 bits per heavy atom. The molecule has 1 N–H and O–H groups in total. The van der Waals surface area contributed by atoms with Crippen LogP contribution in [0, 0.1) is 5.92 Å². The van der Waals surface area contributed by atoms with Crippen molar-refractivity contribution in [3.8, 4) is 0 Å². The van der Waals surface area contributed by atoms with E-state index in [1.54, 1.807) is 11.8 Å². The fourth-order valence-corrected chi connectivity index (χ4v) is 1.51. The Labute approximate surface area is 99.8 Å². The number of hydrogen-bond donors (Lipinski definition) is 1. The third-order valence-electron chi connectivity index (χ3n) is 2.59. The van der Waals surface area contributed by atoms with Crippen LogP contribution >= 0.6 is 0 Å². The maximum absolute atomic E-state index is 10.6. The number of carboxylic acids is 1. The van der Waals surface area contributed by atoms with Gasteiger partial charge < -0.3 is 9.84 Å². The molecule has 96 valence electrons. The first-order chi connectivity index (χ1) is 7.86. The molecule has 7 heteroatoms. The van der Waals surface area contributed by atoms with E-state index in [-0.39, 0.29) is 12.3 Å². The molecule has 0 saturated carbocycles. The lowest BCUT2D eigenvalue weighted by Crippen LogP contribution is -2.27. The Kier molecular flexibility index (Phi) is 4.17. The van der Waals surface area contributed by atoms with Gasteiger partial charge in [-0.2, -0.15) is 0 Å². The molecule has 7 nitrogen and oxygen atoms in total. The number of hydrogen-bond acceptors (Lipinski definition) is 5. The Balaban J connectivity index is 2.79. The van der Waals surface area contributed by atoms with E-state index >= 15 is 0 Å². The molecule has 1 unspecified atom stereocenters. The number of carboxylic acid groups (broad SMARTS) is 1. The summed E-state index contributed by atoms with van der Waals surface area (Å²) < 4.78 is 6.90. The van der Waals surface area contributed by atoms with E-state index in [2.05, 4.69) is 15.5 Å². The first-order valence-corrected chi connectivity index (χ1v) is 5.40. The van der Waals surface area contributed by atoms with Crippen molar-refractivity contribution in [2.24, 2.45) is 5.92 Å². The highest BCUT2D eigenvalue weighted by atomic mass is 16.5. The van der Waals surface area contributed by atoms with Crippen molar-refractivity contribution >= 4 is 5.97 Å². The molecule has 1 heterocycles. The van der Waals surface area contributed by atoms with Crippen LogP contribution in [0.5, 0.6) is 0 Å². The van der Waals surface area contributed by atoms with Gasteiger partial charge >= 0.3 is 5.97 Å². The zero-order valence-electron chi connectivity index (χ0n) is 10.5. The summed E-state index contributed by atoms with van der Waals surface area (Å²) in [4.78, 5) is 10.6. The van der Waals surface area contributed by atoms with Crippen molar-refractivity contribution in [2.75, 3.05) is 7.11 Å². The summed E-state index contributed by atoms with van der Waals surface area (Å²) in [5.41, 5.74) is -0.591. The van der Waals surface area contributed by atoms with Gasteiger partial charge in [-0.25, -0.2) is 4.68 Å². The molecular weight excluding hydrogens is 224 g/mol. The maximum Gasteiger partial charge on any atom is 0.303 e. The zero-order valence-corrected chi connectivity index (χ0v) is 10.5. The summed E-state index contributed by atoms with van der Waals surface area (Å²) in [7, 11) is 1.58. The number of rotatable bonds is 6. The van der Waals surface area contributed by atoms with Crippen LogP contribution in [0.1, 0.15) is 33.0 Å². The van der Waals surface area contributed by atoms with Crippen LogP contribution in [0.4, 0.5) is 0 Å². The van der Waals surface area contributed by atoms with Gasteiger partial charge in [-0.3, -0.25) is 4.79 Å². The van der Waals surface area contributed by atoms with Gasteiger partial charge in [0, 0.05) is 20.1 Å². The molecule has 0 spiro atoms. The van der Waals surface area contributed by atoms with Gasteiger partial charge in [-0.1, -0.05) is 6.92 Å². The number of ether oxygens (including phenoxy) is 1. The fraction of sp³-hybridized carbons (Fsp3) is 0.800. The van der Waals surface area contributed by atoms with Crippen LogP contribution in [-0.4, -0.2) is 38.4 Å². The van der Waals surface area contributed by atoms with Crippen LogP contribution < -0.4 is 0 Å². The molecule has 1 aromatic rings. The summed E-state index contributed by atoms with van der Waals surface area (Å²) in [6, 6.07) is 0. The van der Waals surface area contributed by atoms with E-state index in [9.17, 15) is 4.79 Å². The minimum atomic E-state index is -0.821. The van der Waals surface area contributed by atoms with Crippen molar-refractivity contribution < 1.29 is 14.6 Å². The lowest BCUT2D eigenvalue weighted by atomic mass is 10.1. The van der Waals surface area contributed by atoms with Crippen LogP contribution in [0.3, 0.4) is 0 Å². The molecule has 0 aliphatic heterocycles. The van der Waals surface area contributed by atoms with Crippen LogP contribution in [-0.2, 0) is 21.7 Å². The highest BCUT2D eigenvalue weighted by Gasteiger charge is 2.27. The van der Waals surface area contributed by atoms with Crippen molar-refractivity contribution in [1.82, 2.24) is 20.2 Å². The third kappa shape index (κ3) is 3.48. The monoisotopic (exact) mass is 242 g/mol. The molecule has 0 aliphatic carbocycles. The Morgan fingerprint density at radius 3 is 2.76 bits per heavy atom. The van der Waals surface area contributed by atoms with Gasteiger partial charge in [0.05, 0.1) is 0 Å². The third-order valence-corrected chi connectivity index (χ3v) is 2.59. The molecule has 0 bridgehead atoms. The second-order valence-electron chi connectivity index (χ2n) is 4.60. The van der Waals surface area contributed by atoms with Crippen LogP contribution in [0.2, 0.25) is 0 Å². The highest BCUT2D eigenvalue weighted by molar-refractivity contribution is 5.66. The summed E-state index contributed by atoms with van der Waals surface area (Å²) >= 11 is 0. The van der Waals surface area contributed by atoms with Gasteiger partial charge in [0.1, 0.15) is 5.60 Å². The minimum Gasteiger partial charge on any atom is -0.481 e. The Hall–Kier alpha value is -1.50. The summed E-state index contributed by atoms with van der Waals surface area (Å²) in [6.07, 6.45) is 0.0900. The Morgan fingerprint density at radius 2 is 2.24 bits per heavy atom. The topological polar surface area (TPSA) is 90.1 Å². The van der Waals surface area contributed by atoms with Crippen LogP contribution in [0.15, 0.2) is 0 Å². The van der Waals surface area contributed by atoms with Gasteiger partial charge in [0.15, 0.2) is 5.82 Å². The average molecular weight is 242 g/mol. The van der Waals surface area contributed by atoms with Crippen molar-refractivity contribution in [2.45, 2.75) is 39.3 Å².